The van der Waals surface area contributed by atoms with E-state index < -0.39 is 0 Å². The first kappa shape index (κ1) is 13.4. The minimum absolute atomic E-state index is 0.554. The van der Waals surface area contributed by atoms with Crippen LogP contribution in [-0.2, 0) is 11.3 Å². The van der Waals surface area contributed by atoms with Crippen molar-refractivity contribution in [3.63, 3.8) is 0 Å². The molecule has 19 heavy (non-hydrogen) atoms. The second-order valence-electron chi connectivity index (χ2n) is 4.20. The van der Waals surface area contributed by atoms with Crippen molar-refractivity contribution in [2.75, 3.05) is 25.6 Å². The molecule has 0 aliphatic heterocycles. The lowest BCUT2D eigenvalue weighted by atomic mass is 10.3. The van der Waals surface area contributed by atoms with Crippen molar-refractivity contribution in [3.05, 3.63) is 42.0 Å². The van der Waals surface area contributed by atoms with E-state index in [1.54, 1.807) is 13.4 Å². The van der Waals surface area contributed by atoms with E-state index in [-0.39, 0.29) is 0 Å². The van der Waals surface area contributed by atoms with Gasteiger partial charge < -0.3 is 19.8 Å². The van der Waals surface area contributed by atoms with Crippen LogP contribution in [0, 0.1) is 6.92 Å². The first-order valence-electron chi connectivity index (χ1n) is 6.24. The number of aromatic amines is 1. The van der Waals surface area contributed by atoms with Crippen molar-refractivity contribution >= 4 is 5.69 Å². The molecule has 0 saturated heterocycles. The molecule has 1 aromatic heterocycles. The predicted octanol–water partition coefficient (Wildman–Crippen LogP) is 2.36. The van der Waals surface area contributed by atoms with Crippen molar-refractivity contribution in [2.24, 2.45) is 0 Å². The molecule has 2 N–H and O–H groups in total. The Balaban J connectivity index is 1.90. The van der Waals surface area contributed by atoms with E-state index in [2.05, 4.69) is 15.3 Å². The van der Waals surface area contributed by atoms with Gasteiger partial charge in [0.2, 0.25) is 0 Å². The molecule has 0 saturated carbocycles. The smallest absolute Gasteiger partial charge is 0.121 e. The topological polar surface area (TPSA) is 59.2 Å². The van der Waals surface area contributed by atoms with Gasteiger partial charge in [0.05, 0.1) is 25.2 Å². The fraction of sp³-hybridized carbons (Fsp3) is 0.357. The Kier molecular flexibility index (Phi) is 4.80. The van der Waals surface area contributed by atoms with Gasteiger partial charge in [0.1, 0.15) is 12.4 Å². The Labute approximate surface area is 113 Å². The number of ether oxygens (including phenoxy) is 2. The zero-order valence-corrected chi connectivity index (χ0v) is 11.3. The lowest BCUT2D eigenvalue weighted by molar-refractivity contribution is 0.146. The summed E-state index contributed by atoms with van der Waals surface area (Å²) in [6.45, 7) is 3.84. The number of methoxy groups -OCH3 is 1. The van der Waals surface area contributed by atoms with Crippen LogP contribution in [0.1, 0.15) is 11.4 Å². The number of H-pyrrole nitrogens is 1. The number of aryl methyl sites for hydroxylation is 1. The second-order valence-corrected chi connectivity index (χ2v) is 4.20. The molecule has 0 atom stereocenters. The molecule has 1 aromatic carbocycles. The van der Waals surface area contributed by atoms with E-state index in [0.717, 1.165) is 22.8 Å². The maximum Gasteiger partial charge on any atom is 0.121 e. The van der Waals surface area contributed by atoms with Crippen LogP contribution in [0.5, 0.6) is 5.75 Å². The molecule has 5 heteroatoms. The van der Waals surface area contributed by atoms with Crippen LogP contribution in [0.15, 0.2) is 30.6 Å². The van der Waals surface area contributed by atoms with Gasteiger partial charge in [-0.3, -0.25) is 0 Å². The Morgan fingerprint density at radius 3 is 2.95 bits per heavy atom. The summed E-state index contributed by atoms with van der Waals surface area (Å²) in [5, 5.41) is 3.32. The van der Waals surface area contributed by atoms with Crippen LogP contribution in [0.25, 0.3) is 0 Å². The van der Waals surface area contributed by atoms with Crippen LogP contribution in [-0.4, -0.2) is 30.3 Å². The normalized spacial score (nSPS) is 10.4. The highest BCUT2D eigenvalue weighted by Crippen LogP contribution is 2.18. The third-order valence-corrected chi connectivity index (χ3v) is 2.78. The first-order chi connectivity index (χ1) is 9.29. The molecule has 2 rings (SSSR count). The average Bonchev–Trinajstić information content (AvgIpc) is 2.83. The molecule has 0 unspecified atom stereocenters. The van der Waals surface area contributed by atoms with E-state index in [1.807, 2.05) is 31.2 Å². The Morgan fingerprint density at radius 2 is 2.21 bits per heavy atom. The summed E-state index contributed by atoms with van der Waals surface area (Å²) in [6, 6.07) is 7.87. The van der Waals surface area contributed by atoms with Crippen molar-refractivity contribution < 1.29 is 9.47 Å². The van der Waals surface area contributed by atoms with E-state index in [1.165, 1.54) is 0 Å². The SMILES string of the molecule is COCCOc1cccc(NCc2nc[nH]c2C)c1. The van der Waals surface area contributed by atoms with E-state index in [0.29, 0.717) is 19.8 Å². The monoisotopic (exact) mass is 261 g/mol. The van der Waals surface area contributed by atoms with Crippen LogP contribution in [0.3, 0.4) is 0 Å². The van der Waals surface area contributed by atoms with E-state index in [4.69, 9.17) is 9.47 Å². The van der Waals surface area contributed by atoms with Gasteiger partial charge in [0.15, 0.2) is 0 Å². The molecule has 0 fully saturated rings. The van der Waals surface area contributed by atoms with Gasteiger partial charge in [0, 0.05) is 24.6 Å². The molecule has 0 spiro atoms. The molecule has 0 aliphatic carbocycles. The van der Waals surface area contributed by atoms with Gasteiger partial charge in [-0.15, -0.1) is 0 Å². The molecule has 0 bridgehead atoms. The molecule has 1 heterocycles. The van der Waals surface area contributed by atoms with Crippen LogP contribution in [0.4, 0.5) is 5.69 Å². The first-order valence-corrected chi connectivity index (χ1v) is 6.24. The number of rotatable bonds is 7. The highest BCUT2D eigenvalue weighted by Gasteiger charge is 2.01. The minimum Gasteiger partial charge on any atom is -0.491 e. The number of hydrogen-bond donors (Lipinski definition) is 2. The molecule has 0 aliphatic rings. The van der Waals surface area contributed by atoms with E-state index >= 15 is 0 Å². The van der Waals surface area contributed by atoms with Gasteiger partial charge in [0.25, 0.3) is 0 Å². The van der Waals surface area contributed by atoms with Gasteiger partial charge in [-0.05, 0) is 19.1 Å². The summed E-state index contributed by atoms with van der Waals surface area (Å²) in [6.07, 6.45) is 1.70. The zero-order valence-electron chi connectivity index (χ0n) is 11.3. The van der Waals surface area contributed by atoms with Crippen molar-refractivity contribution in [1.29, 1.82) is 0 Å². The fourth-order valence-electron chi connectivity index (χ4n) is 1.69. The molecular formula is C14H19N3O2. The maximum atomic E-state index is 5.56. The summed E-state index contributed by atoms with van der Waals surface area (Å²) < 4.78 is 10.5. The van der Waals surface area contributed by atoms with Gasteiger partial charge in [-0.1, -0.05) is 6.07 Å². The molecular weight excluding hydrogens is 242 g/mol. The largest absolute Gasteiger partial charge is 0.491 e. The summed E-state index contributed by atoms with van der Waals surface area (Å²) in [5.74, 6) is 0.834. The second kappa shape index (κ2) is 6.80. The molecule has 102 valence electrons. The van der Waals surface area contributed by atoms with Crippen molar-refractivity contribution in [2.45, 2.75) is 13.5 Å². The van der Waals surface area contributed by atoms with Crippen LogP contribution < -0.4 is 10.1 Å². The third kappa shape index (κ3) is 3.99. The average molecular weight is 261 g/mol. The fourth-order valence-corrected chi connectivity index (χ4v) is 1.69. The Bertz CT molecular complexity index is 511. The Hall–Kier alpha value is -2.01. The molecule has 5 nitrogen and oxygen atoms in total. The number of benzene rings is 1. The molecule has 0 amide bonds. The summed E-state index contributed by atoms with van der Waals surface area (Å²) in [7, 11) is 1.66. The number of anilines is 1. The number of aromatic nitrogens is 2. The summed E-state index contributed by atoms with van der Waals surface area (Å²) >= 11 is 0. The van der Waals surface area contributed by atoms with Gasteiger partial charge in [-0.2, -0.15) is 0 Å². The molecule has 0 radical (unpaired) electrons. The molecule has 2 aromatic rings. The zero-order chi connectivity index (χ0) is 13.5. The lowest BCUT2D eigenvalue weighted by Crippen LogP contribution is -2.05. The lowest BCUT2D eigenvalue weighted by Gasteiger charge is -2.09. The van der Waals surface area contributed by atoms with Crippen LogP contribution in [0.2, 0.25) is 0 Å². The number of nitrogens with one attached hydrogen (secondary N) is 2. The van der Waals surface area contributed by atoms with E-state index in [9.17, 15) is 0 Å². The highest BCUT2D eigenvalue weighted by atomic mass is 16.5. The van der Waals surface area contributed by atoms with Gasteiger partial charge in [-0.25, -0.2) is 4.98 Å². The van der Waals surface area contributed by atoms with Gasteiger partial charge >= 0.3 is 0 Å². The van der Waals surface area contributed by atoms with Crippen molar-refractivity contribution in [1.82, 2.24) is 9.97 Å². The van der Waals surface area contributed by atoms with Crippen LogP contribution >= 0.6 is 0 Å². The predicted molar refractivity (Wildman–Crippen MR) is 74.5 cm³/mol. The maximum absolute atomic E-state index is 5.56. The summed E-state index contributed by atoms with van der Waals surface area (Å²) in [5.41, 5.74) is 3.11. The Morgan fingerprint density at radius 1 is 1.32 bits per heavy atom. The number of hydrogen-bond acceptors (Lipinski definition) is 4. The minimum atomic E-state index is 0.554. The number of imidazole rings is 1. The third-order valence-electron chi connectivity index (χ3n) is 2.78. The standard InChI is InChI=1S/C14H19N3O2/c1-11-14(17-10-16-11)9-15-12-4-3-5-13(8-12)19-7-6-18-2/h3-5,8,10,15H,6-7,9H2,1-2H3,(H,16,17). The summed E-state index contributed by atoms with van der Waals surface area (Å²) in [4.78, 5) is 7.31. The highest BCUT2D eigenvalue weighted by molar-refractivity contribution is 5.48. The number of nitrogens with zero attached hydrogens (tertiary/aromatic N) is 1. The van der Waals surface area contributed by atoms with Crippen molar-refractivity contribution in [3.8, 4) is 5.75 Å². The quantitative estimate of drug-likeness (QED) is 0.751.